The van der Waals surface area contributed by atoms with Crippen LogP contribution >= 0.6 is 11.3 Å². The van der Waals surface area contributed by atoms with E-state index in [1.54, 1.807) is 24.5 Å². The van der Waals surface area contributed by atoms with Crippen molar-refractivity contribution in [2.24, 2.45) is 5.92 Å². The summed E-state index contributed by atoms with van der Waals surface area (Å²) in [6, 6.07) is 10.2. The van der Waals surface area contributed by atoms with Gasteiger partial charge >= 0.3 is 12.1 Å². The molecule has 2 unspecified atom stereocenters. The second-order valence-corrected chi connectivity index (χ2v) is 7.46. The predicted molar refractivity (Wildman–Crippen MR) is 105 cm³/mol. The topological polar surface area (TPSA) is 92.2 Å². The third-order valence-corrected chi connectivity index (χ3v) is 5.08. The van der Waals surface area contributed by atoms with Crippen LogP contribution < -0.4 is 5.32 Å². The third kappa shape index (κ3) is 6.07. The Labute approximate surface area is 177 Å². The van der Waals surface area contributed by atoms with E-state index in [9.17, 15) is 22.4 Å². The lowest BCUT2D eigenvalue weighted by Crippen LogP contribution is -2.21. The molecule has 0 saturated heterocycles. The molecule has 1 amide bonds. The van der Waals surface area contributed by atoms with Gasteiger partial charge in [-0.15, -0.1) is 11.3 Å². The molecule has 0 radical (unpaired) electrons. The maximum Gasteiger partial charge on any atom is 0.490 e. The molecule has 1 aliphatic rings. The average Bonchev–Trinajstić information content (AvgIpc) is 3.37. The van der Waals surface area contributed by atoms with Crippen molar-refractivity contribution < 1.29 is 32.3 Å². The molecule has 0 spiro atoms. The molecular weight excluding hydrogens is 438 g/mol. The van der Waals surface area contributed by atoms with Crippen LogP contribution in [0.4, 0.5) is 22.7 Å². The van der Waals surface area contributed by atoms with Crippen LogP contribution in [-0.4, -0.2) is 33.1 Å². The van der Waals surface area contributed by atoms with Gasteiger partial charge in [-0.25, -0.2) is 14.2 Å². The molecule has 1 saturated carbocycles. The Kier molecular flexibility index (Phi) is 6.64. The van der Waals surface area contributed by atoms with Crippen LogP contribution in [-0.2, 0) is 9.59 Å². The molecular formula is C20H15F4N3O3S. The van der Waals surface area contributed by atoms with Crippen LogP contribution in [0.2, 0.25) is 0 Å². The van der Waals surface area contributed by atoms with Crippen LogP contribution in [0.25, 0.3) is 11.3 Å². The Bertz CT molecular complexity index is 1040. The van der Waals surface area contributed by atoms with E-state index in [0.717, 1.165) is 23.2 Å². The molecule has 2 heterocycles. The van der Waals surface area contributed by atoms with Gasteiger partial charge in [0.2, 0.25) is 5.91 Å². The number of hydrogen-bond donors (Lipinski definition) is 2. The van der Waals surface area contributed by atoms with Gasteiger partial charge in [0.15, 0.2) is 5.13 Å². The van der Waals surface area contributed by atoms with Gasteiger partial charge in [-0.05, 0) is 48.2 Å². The number of nitrogens with zero attached hydrogens (tertiary/aromatic N) is 2. The number of pyridine rings is 1. The van der Waals surface area contributed by atoms with Crippen molar-refractivity contribution in [2.75, 3.05) is 5.32 Å². The van der Waals surface area contributed by atoms with Gasteiger partial charge in [0, 0.05) is 29.3 Å². The number of aliphatic carboxylic acids is 1. The number of aromatic nitrogens is 2. The molecule has 2 atom stereocenters. The Morgan fingerprint density at radius 2 is 1.77 bits per heavy atom. The molecule has 0 aliphatic heterocycles. The minimum absolute atomic E-state index is 0.0116. The first-order chi connectivity index (χ1) is 14.6. The Balaban J connectivity index is 0.000000339. The van der Waals surface area contributed by atoms with Gasteiger partial charge in [0.25, 0.3) is 0 Å². The van der Waals surface area contributed by atoms with E-state index in [1.807, 2.05) is 17.5 Å². The van der Waals surface area contributed by atoms with E-state index in [0.29, 0.717) is 5.13 Å². The summed E-state index contributed by atoms with van der Waals surface area (Å²) in [6.45, 7) is 0. The molecule has 162 valence electrons. The van der Waals surface area contributed by atoms with Crippen molar-refractivity contribution in [3.05, 3.63) is 65.6 Å². The number of carboxylic acids is 1. The quantitative estimate of drug-likeness (QED) is 0.558. The van der Waals surface area contributed by atoms with Gasteiger partial charge in [-0.3, -0.25) is 9.78 Å². The second-order valence-electron chi connectivity index (χ2n) is 6.56. The fourth-order valence-electron chi connectivity index (χ4n) is 2.75. The summed E-state index contributed by atoms with van der Waals surface area (Å²) in [6.07, 6.45) is -0.780. The average molecular weight is 453 g/mol. The summed E-state index contributed by atoms with van der Waals surface area (Å²) in [5.74, 6) is -2.82. The summed E-state index contributed by atoms with van der Waals surface area (Å²) < 4.78 is 44.7. The van der Waals surface area contributed by atoms with Gasteiger partial charge in [0.1, 0.15) is 5.82 Å². The number of carbonyl (C=O) groups is 2. The van der Waals surface area contributed by atoms with Crippen LogP contribution in [0.3, 0.4) is 0 Å². The summed E-state index contributed by atoms with van der Waals surface area (Å²) in [4.78, 5) is 29.6. The van der Waals surface area contributed by atoms with Crippen LogP contribution in [0.1, 0.15) is 17.9 Å². The molecule has 3 aromatic rings. The highest BCUT2D eigenvalue weighted by molar-refractivity contribution is 7.13. The molecule has 2 N–H and O–H groups in total. The van der Waals surface area contributed by atoms with Crippen molar-refractivity contribution in [1.29, 1.82) is 0 Å². The summed E-state index contributed by atoms with van der Waals surface area (Å²) in [7, 11) is 0. The molecule has 1 aromatic carbocycles. The summed E-state index contributed by atoms with van der Waals surface area (Å²) >= 11 is 1.41. The number of amides is 1. The molecule has 0 bridgehead atoms. The number of nitrogens with one attached hydrogen (secondary N) is 1. The Morgan fingerprint density at radius 1 is 1.10 bits per heavy atom. The van der Waals surface area contributed by atoms with Gasteiger partial charge in [-0.2, -0.15) is 13.2 Å². The number of rotatable bonds is 4. The van der Waals surface area contributed by atoms with E-state index >= 15 is 0 Å². The Morgan fingerprint density at radius 3 is 2.29 bits per heavy atom. The Hall–Kier alpha value is -3.34. The van der Waals surface area contributed by atoms with Crippen molar-refractivity contribution in [2.45, 2.75) is 18.5 Å². The first kappa shape index (κ1) is 22.3. The van der Waals surface area contributed by atoms with Crippen molar-refractivity contribution in [3.8, 4) is 11.3 Å². The SMILES string of the molecule is O=C(Nc1nccs1)C1CC1c1ccc(-c2ccc(F)cc2)nc1.O=C(O)C(F)(F)F. The van der Waals surface area contributed by atoms with Gasteiger partial charge in [0.05, 0.1) is 5.69 Å². The smallest absolute Gasteiger partial charge is 0.475 e. The highest BCUT2D eigenvalue weighted by atomic mass is 32.1. The van der Waals surface area contributed by atoms with Crippen molar-refractivity contribution in [3.63, 3.8) is 0 Å². The molecule has 6 nitrogen and oxygen atoms in total. The summed E-state index contributed by atoms with van der Waals surface area (Å²) in [5, 5.41) is 12.4. The van der Waals surface area contributed by atoms with Gasteiger partial charge in [-0.1, -0.05) is 6.07 Å². The first-order valence-electron chi connectivity index (χ1n) is 8.87. The second kappa shape index (κ2) is 9.21. The number of thiazole rings is 1. The number of carboxylic acid groups (broad SMARTS) is 1. The predicted octanol–water partition coefficient (Wildman–Crippen LogP) is 4.72. The first-order valence-corrected chi connectivity index (χ1v) is 9.75. The van der Waals surface area contributed by atoms with E-state index in [1.165, 1.54) is 23.5 Å². The number of halogens is 4. The molecule has 31 heavy (non-hydrogen) atoms. The lowest BCUT2D eigenvalue weighted by atomic mass is 10.1. The zero-order valence-electron chi connectivity index (χ0n) is 15.6. The van der Waals surface area contributed by atoms with E-state index in [4.69, 9.17) is 9.90 Å². The fraction of sp³-hybridized carbons (Fsp3) is 0.200. The highest BCUT2D eigenvalue weighted by Gasteiger charge is 2.44. The third-order valence-electron chi connectivity index (χ3n) is 4.39. The van der Waals surface area contributed by atoms with E-state index < -0.39 is 12.1 Å². The monoisotopic (exact) mass is 453 g/mol. The van der Waals surface area contributed by atoms with E-state index in [-0.39, 0.29) is 23.6 Å². The number of benzene rings is 1. The number of anilines is 1. The molecule has 4 rings (SSSR count). The van der Waals surface area contributed by atoms with Crippen LogP contribution in [0.5, 0.6) is 0 Å². The van der Waals surface area contributed by atoms with Gasteiger partial charge < -0.3 is 10.4 Å². The molecule has 11 heteroatoms. The highest BCUT2D eigenvalue weighted by Crippen LogP contribution is 2.48. The molecule has 1 aliphatic carbocycles. The maximum absolute atomic E-state index is 13.0. The summed E-state index contributed by atoms with van der Waals surface area (Å²) in [5.41, 5.74) is 2.72. The van der Waals surface area contributed by atoms with Crippen LogP contribution in [0.15, 0.2) is 54.2 Å². The largest absolute Gasteiger partial charge is 0.490 e. The number of hydrogen-bond acceptors (Lipinski definition) is 5. The zero-order valence-corrected chi connectivity index (χ0v) is 16.5. The fourth-order valence-corrected chi connectivity index (χ4v) is 3.28. The number of alkyl halides is 3. The maximum atomic E-state index is 13.0. The lowest BCUT2D eigenvalue weighted by molar-refractivity contribution is -0.192. The van der Waals surface area contributed by atoms with E-state index in [2.05, 4.69) is 15.3 Å². The lowest BCUT2D eigenvalue weighted by Gasteiger charge is -2.04. The normalized spacial score (nSPS) is 17.3. The van der Waals surface area contributed by atoms with Crippen molar-refractivity contribution in [1.82, 2.24) is 9.97 Å². The number of carbonyl (C=O) groups excluding carboxylic acids is 1. The molecule has 1 fully saturated rings. The minimum atomic E-state index is -5.08. The van der Waals surface area contributed by atoms with Crippen LogP contribution in [0, 0.1) is 11.7 Å². The zero-order chi connectivity index (χ0) is 22.6. The molecule has 2 aromatic heterocycles. The minimum Gasteiger partial charge on any atom is -0.475 e. The van der Waals surface area contributed by atoms with Crippen molar-refractivity contribution >= 4 is 28.3 Å². The standard InChI is InChI=1S/C18H14FN3OS.C2HF3O2/c19-13-4-1-11(2-5-13)16-6-3-12(10-21-16)14-9-15(14)17(23)22-18-20-7-8-24-18;3-2(4,5)1(6)7/h1-8,10,14-15H,9H2,(H,20,22,23);(H,6,7).